The number of carbonyl (C=O) groups excluding carboxylic acids is 1. The fourth-order valence-corrected chi connectivity index (χ4v) is 5.17. The van der Waals surface area contributed by atoms with Gasteiger partial charge in [-0.15, -0.1) is 0 Å². The molecule has 0 aromatic rings. The fourth-order valence-electron chi connectivity index (χ4n) is 5.17. The molecule has 6 nitrogen and oxygen atoms in total. The van der Waals surface area contributed by atoms with Gasteiger partial charge in [0.25, 0.3) is 0 Å². The lowest BCUT2D eigenvalue weighted by Gasteiger charge is -2.43. The number of rotatable bonds is 5. The van der Waals surface area contributed by atoms with Crippen molar-refractivity contribution in [3.05, 3.63) is 11.6 Å². The lowest BCUT2D eigenvalue weighted by molar-refractivity contribution is -0.121. The topological polar surface area (TPSA) is 63.8 Å². The van der Waals surface area contributed by atoms with Gasteiger partial charge >= 0.3 is 6.09 Å². The highest BCUT2D eigenvalue weighted by atomic mass is 16.6. The van der Waals surface area contributed by atoms with Crippen LogP contribution in [-0.4, -0.2) is 67.3 Å². The van der Waals surface area contributed by atoms with E-state index >= 15 is 0 Å². The van der Waals surface area contributed by atoms with Crippen molar-refractivity contribution in [2.75, 3.05) is 26.8 Å². The number of likely N-dealkylation sites (tertiary alicyclic amines) is 1. The van der Waals surface area contributed by atoms with E-state index < -0.39 is 0 Å². The minimum atomic E-state index is -0.290. The monoisotopic (exact) mass is 379 g/mol. The number of allylic oxidation sites excluding steroid dienone is 1. The predicted octanol–water partition coefficient (Wildman–Crippen LogP) is 3.30. The Kier molecular flexibility index (Phi) is 5.02. The maximum atomic E-state index is 12.5. The van der Waals surface area contributed by atoms with Gasteiger partial charge in [-0.1, -0.05) is 11.6 Å². The quantitative estimate of drug-likeness (QED) is 0.542. The summed E-state index contributed by atoms with van der Waals surface area (Å²) in [6, 6.07) is 0. The number of ether oxygens (including phenoxy) is 4. The first-order chi connectivity index (χ1) is 12.9. The second-order valence-corrected chi connectivity index (χ2v) is 8.99. The van der Waals surface area contributed by atoms with Crippen LogP contribution in [0.5, 0.6) is 0 Å². The van der Waals surface area contributed by atoms with E-state index in [9.17, 15) is 4.79 Å². The SMILES string of the molecule is COC1C(OC(=O)N2CCCC2)CCC2(CO2)C1C1(C)OC1CC=C(C)C. The molecular weight excluding hydrogens is 346 g/mol. The highest BCUT2D eigenvalue weighted by molar-refractivity contribution is 5.68. The van der Waals surface area contributed by atoms with Crippen LogP contribution in [0, 0.1) is 5.92 Å². The van der Waals surface area contributed by atoms with E-state index in [0.29, 0.717) is 0 Å². The normalized spacial score (nSPS) is 42.9. The third-order valence-electron chi connectivity index (χ3n) is 6.85. The maximum Gasteiger partial charge on any atom is 0.410 e. The summed E-state index contributed by atoms with van der Waals surface area (Å²) in [5, 5.41) is 0. The zero-order valence-electron chi connectivity index (χ0n) is 17.0. The van der Waals surface area contributed by atoms with E-state index in [1.54, 1.807) is 7.11 Å². The van der Waals surface area contributed by atoms with Gasteiger partial charge in [0.05, 0.1) is 18.6 Å². The highest BCUT2D eigenvalue weighted by Crippen LogP contribution is 2.59. The molecule has 6 unspecified atom stereocenters. The highest BCUT2D eigenvalue weighted by Gasteiger charge is 2.72. The Hall–Kier alpha value is -1.11. The Balaban J connectivity index is 1.49. The lowest BCUT2D eigenvalue weighted by Crippen LogP contribution is -2.56. The first-order valence-electron chi connectivity index (χ1n) is 10.3. The Labute approximate surface area is 162 Å². The van der Waals surface area contributed by atoms with Gasteiger partial charge in [-0.05, 0) is 52.9 Å². The van der Waals surface area contributed by atoms with Gasteiger partial charge < -0.3 is 23.8 Å². The summed E-state index contributed by atoms with van der Waals surface area (Å²) in [6.07, 6.45) is 6.45. The summed E-state index contributed by atoms with van der Waals surface area (Å²) in [5.74, 6) is 0.0793. The second kappa shape index (κ2) is 7.05. The molecule has 3 heterocycles. The van der Waals surface area contributed by atoms with Gasteiger partial charge in [0, 0.05) is 20.2 Å². The average Bonchev–Trinajstić information content (AvgIpc) is 3.46. The zero-order chi connectivity index (χ0) is 19.2. The van der Waals surface area contributed by atoms with Crippen LogP contribution in [0.3, 0.4) is 0 Å². The van der Waals surface area contributed by atoms with E-state index in [1.807, 2.05) is 4.90 Å². The molecule has 0 N–H and O–H groups in total. The molecule has 0 bridgehead atoms. The number of nitrogens with zero attached hydrogens (tertiary/aromatic N) is 1. The van der Waals surface area contributed by atoms with Gasteiger partial charge in [0.1, 0.15) is 23.4 Å². The summed E-state index contributed by atoms with van der Waals surface area (Å²) in [6.45, 7) is 8.73. The number of epoxide rings is 2. The molecule has 3 saturated heterocycles. The number of carbonyl (C=O) groups is 1. The lowest BCUT2D eigenvalue weighted by atomic mass is 9.68. The molecule has 152 valence electrons. The molecule has 6 heteroatoms. The van der Waals surface area contributed by atoms with E-state index in [4.69, 9.17) is 18.9 Å². The third-order valence-corrected chi connectivity index (χ3v) is 6.85. The molecule has 4 fully saturated rings. The molecule has 0 radical (unpaired) electrons. The van der Waals surface area contributed by atoms with Gasteiger partial charge in [0.2, 0.25) is 0 Å². The summed E-state index contributed by atoms with van der Waals surface area (Å²) in [5.41, 5.74) is 0.836. The molecule has 0 aromatic heterocycles. The summed E-state index contributed by atoms with van der Waals surface area (Å²) >= 11 is 0. The third kappa shape index (κ3) is 3.52. The van der Waals surface area contributed by atoms with Crippen molar-refractivity contribution < 1.29 is 23.7 Å². The Bertz CT molecular complexity index is 606. The number of amides is 1. The Morgan fingerprint density at radius 1 is 1.30 bits per heavy atom. The van der Waals surface area contributed by atoms with Crippen LogP contribution in [0.4, 0.5) is 4.79 Å². The first kappa shape index (κ1) is 19.2. The fraction of sp³-hybridized carbons (Fsp3) is 0.857. The Morgan fingerprint density at radius 2 is 2.00 bits per heavy atom. The predicted molar refractivity (Wildman–Crippen MR) is 101 cm³/mol. The molecule has 0 aromatic carbocycles. The van der Waals surface area contributed by atoms with Crippen molar-refractivity contribution in [3.63, 3.8) is 0 Å². The van der Waals surface area contributed by atoms with Gasteiger partial charge in [-0.2, -0.15) is 0 Å². The van der Waals surface area contributed by atoms with Crippen LogP contribution in [0.25, 0.3) is 0 Å². The van der Waals surface area contributed by atoms with Crippen molar-refractivity contribution in [1.29, 1.82) is 0 Å². The van der Waals surface area contributed by atoms with E-state index in [1.165, 1.54) is 5.57 Å². The molecule has 1 spiro atoms. The van der Waals surface area contributed by atoms with Crippen molar-refractivity contribution in [3.8, 4) is 0 Å². The molecule has 4 aliphatic rings. The standard InChI is InChI=1S/C21H33NO5/c1-14(2)7-8-16-20(3,27-16)18-17(24-4)15(9-10-21(18)13-25-21)26-19(23)22-11-5-6-12-22/h7,15-18H,5-6,8-13H2,1-4H3. The van der Waals surface area contributed by atoms with E-state index in [-0.39, 0.29) is 41.5 Å². The average molecular weight is 379 g/mol. The van der Waals surface area contributed by atoms with Crippen LogP contribution in [0.2, 0.25) is 0 Å². The van der Waals surface area contributed by atoms with Gasteiger partial charge in [0.15, 0.2) is 0 Å². The van der Waals surface area contributed by atoms with Crippen molar-refractivity contribution in [1.82, 2.24) is 4.90 Å². The number of hydrogen-bond acceptors (Lipinski definition) is 5. The van der Waals surface area contributed by atoms with Crippen LogP contribution < -0.4 is 0 Å². The molecule has 4 rings (SSSR count). The molecule has 1 amide bonds. The van der Waals surface area contributed by atoms with Crippen molar-refractivity contribution in [2.45, 2.75) is 82.4 Å². The molecular formula is C21H33NO5. The Morgan fingerprint density at radius 3 is 2.59 bits per heavy atom. The molecule has 1 aliphatic carbocycles. The number of hydrogen-bond donors (Lipinski definition) is 0. The smallest absolute Gasteiger partial charge is 0.410 e. The van der Waals surface area contributed by atoms with Crippen LogP contribution in [0.15, 0.2) is 11.6 Å². The largest absolute Gasteiger partial charge is 0.443 e. The van der Waals surface area contributed by atoms with E-state index in [2.05, 4.69) is 26.8 Å². The van der Waals surface area contributed by atoms with Crippen LogP contribution >= 0.6 is 0 Å². The molecule has 3 aliphatic heterocycles. The summed E-state index contributed by atoms with van der Waals surface area (Å²) in [4.78, 5) is 14.4. The summed E-state index contributed by atoms with van der Waals surface area (Å²) < 4.78 is 24.0. The molecule has 1 saturated carbocycles. The minimum Gasteiger partial charge on any atom is -0.443 e. The van der Waals surface area contributed by atoms with Crippen molar-refractivity contribution in [2.24, 2.45) is 5.92 Å². The first-order valence-corrected chi connectivity index (χ1v) is 10.3. The van der Waals surface area contributed by atoms with E-state index in [0.717, 1.165) is 51.8 Å². The molecule has 27 heavy (non-hydrogen) atoms. The second-order valence-electron chi connectivity index (χ2n) is 8.99. The summed E-state index contributed by atoms with van der Waals surface area (Å²) in [7, 11) is 1.71. The maximum absolute atomic E-state index is 12.5. The van der Waals surface area contributed by atoms with Crippen LogP contribution in [0.1, 0.15) is 52.9 Å². The number of methoxy groups -OCH3 is 1. The molecule has 6 atom stereocenters. The minimum absolute atomic E-state index is 0.0793. The van der Waals surface area contributed by atoms with Gasteiger partial charge in [-0.3, -0.25) is 0 Å². The van der Waals surface area contributed by atoms with Crippen LogP contribution in [-0.2, 0) is 18.9 Å². The zero-order valence-corrected chi connectivity index (χ0v) is 17.0. The van der Waals surface area contributed by atoms with Crippen molar-refractivity contribution >= 4 is 6.09 Å². The van der Waals surface area contributed by atoms with Gasteiger partial charge in [-0.25, -0.2) is 4.79 Å².